The molecule has 0 saturated carbocycles. The van der Waals surface area contributed by atoms with Crippen molar-refractivity contribution >= 4 is 44.8 Å². The van der Waals surface area contributed by atoms with Crippen LogP contribution in [0.2, 0.25) is 10.0 Å². The molecule has 0 bridgehead atoms. The van der Waals surface area contributed by atoms with Crippen LogP contribution in [0.3, 0.4) is 0 Å². The summed E-state index contributed by atoms with van der Waals surface area (Å²) >= 11 is 15.1. The molecule has 0 heterocycles. The van der Waals surface area contributed by atoms with Gasteiger partial charge in [-0.15, -0.1) is 0 Å². The number of aliphatic hydroxyl groups is 1. The predicted molar refractivity (Wildman–Crippen MR) is 90.6 cm³/mol. The fourth-order valence-electron chi connectivity index (χ4n) is 1.62. The second-order valence-corrected chi connectivity index (χ2v) is 6.16. The molecule has 0 aliphatic rings. The molecular formula is C15H14BrCl2NO2. The zero-order valence-electron chi connectivity index (χ0n) is 11.0. The van der Waals surface area contributed by atoms with Crippen LogP contribution < -0.4 is 10.1 Å². The van der Waals surface area contributed by atoms with Crippen molar-refractivity contribution in [2.24, 2.45) is 0 Å². The van der Waals surface area contributed by atoms with Crippen molar-refractivity contribution in [2.45, 2.75) is 6.10 Å². The van der Waals surface area contributed by atoms with E-state index in [1.54, 1.807) is 18.2 Å². The highest BCUT2D eigenvalue weighted by Crippen LogP contribution is 2.25. The second kappa shape index (κ2) is 7.90. The maximum absolute atomic E-state index is 9.89. The van der Waals surface area contributed by atoms with E-state index in [0.29, 0.717) is 22.3 Å². The molecule has 0 fully saturated rings. The zero-order valence-corrected chi connectivity index (χ0v) is 14.1. The lowest BCUT2D eigenvalue weighted by Crippen LogP contribution is -2.26. The van der Waals surface area contributed by atoms with Crippen LogP contribution in [-0.2, 0) is 0 Å². The van der Waals surface area contributed by atoms with E-state index < -0.39 is 6.10 Å². The fraction of sp³-hybridized carbons (Fsp3) is 0.200. The topological polar surface area (TPSA) is 41.5 Å². The third-order valence-electron chi connectivity index (χ3n) is 2.72. The highest BCUT2D eigenvalue weighted by Gasteiger charge is 2.06. The largest absolute Gasteiger partial charge is 0.491 e. The normalized spacial score (nSPS) is 12.0. The Balaban J connectivity index is 1.77. The molecule has 1 unspecified atom stereocenters. The van der Waals surface area contributed by atoms with Gasteiger partial charge < -0.3 is 15.2 Å². The lowest BCUT2D eigenvalue weighted by Gasteiger charge is -2.14. The molecule has 2 aromatic rings. The molecule has 2 aromatic carbocycles. The van der Waals surface area contributed by atoms with Gasteiger partial charge in [0.1, 0.15) is 18.5 Å². The number of hydrogen-bond acceptors (Lipinski definition) is 3. The Bertz CT molecular complexity index is 593. The third-order valence-corrected chi connectivity index (χ3v) is 3.99. The molecule has 3 nitrogen and oxygen atoms in total. The molecule has 2 rings (SSSR count). The minimum atomic E-state index is -0.636. The summed E-state index contributed by atoms with van der Waals surface area (Å²) in [5, 5.41) is 13.9. The molecule has 2 N–H and O–H groups in total. The molecule has 21 heavy (non-hydrogen) atoms. The van der Waals surface area contributed by atoms with Crippen LogP contribution in [0.5, 0.6) is 5.75 Å². The van der Waals surface area contributed by atoms with Crippen molar-refractivity contribution < 1.29 is 9.84 Å². The van der Waals surface area contributed by atoms with E-state index in [9.17, 15) is 5.11 Å². The summed E-state index contributed by atoms with van der Waals surface area (Å²) in [6.45, 7) is 0.560. The van der Waals surface area contributed by atoms with Crippen molar-refractivity contribution in [2.75, 3.05) is 18.5 Å². The maximum atomic E-state index is 9.89. The quantitative estimate of drug-likeness (QED) is 0.756. The number of anilines is 1. The predicted octanol–water partition coefficient (Wildman–Crippen LogP) is 4.61. The van der Waals surface area contributed by atoms with Crippen LogP contribution in [-0.4, -0.2) is 24.4 Å². The van der Waals surface area contributed by atoms with E-state index in [2.05, 4.69) is 21.2 Å². The van der Waals surface area contributed by atoms with E-state index in [1.807, 2.05) is 24.3 Å². The first kappa shape index (κ1) is 16.4. The molecule has 0 amide bonds. The molecule has 6 heteroatoms. The van der Waals surface area contributed by atoms with Crippen LogP contribution >= 0.6 is 39.1 Å². The van der Waals surface area contributed by atoms with Gasteiger partial charge in [-0.2, -0.15) is 0 Å². The molecule has 0 aliphatic heterocycles. The summed E-state index contributed by atoms with van der Waals surface area (Å²) in [5.41, 5.74) is 0.798. The van der Waals surface area contributed by atoms with Gasteiger partial charge in [0.25, 0.3) is 0 Å². The number of aliphatic hydroxyl groups excluding tert-OH is 1. The van der Waals surface area contributed by atoms with Gasteiger partial charge in [0.2, 0.25) is 0 Å². The van der Waals surface area contributed by atoms with Crippen LogP contribution in [0.25, 0.3) is 0 Å². The first-order valence-corrected chi connectivity index (χ1v) is 7.85. The number of hydrogen-bond donors (Lipinski definition) is 2. The van der Waals surface area contributed by atoms with Crippen LogP contribution in [0.4, 0.5) is 5.69 Å². The van der Waals surface area contributed by atoms with Gasteiger partial charge in [-0.25, -0.2) is 0 Å². The van der Waals surface area contributed by atoms with Gasteiger partial charge in [0, 0.05) is 16.7 Å². The van der Waals surface area contributed by atoms with Gasteiger partial charge in [-0.3, -0.25) is 0 Å². The maximum Gasteiger partial charge on any atom is 0.119 e. The Morgan fingerprint density at radius 1 is 1.10 bits per heavy atom. The SMILES string of the molecule is OC(CNc1ccc(Cl)c(Cl)c1)COc1ccc(Br)cc1. The van der Waals surface area contributed by atoms with Crippen molar-refractivity contribution in [3.8, 4) is 5.75 Å². The number of halogens is 3. The highest BCUT2D eigenvalue weighted by molar-refractivity contribution is 9.10. The Hall–Kier alpha value is -0.940. The molecular weight excluding hydrogens is 377 g/mol. The lowest BCUT2D eigenvalue weighted by molar-refractivity contribution is 0.117. The number of nitrogens with one attached hydrogen (secondary N) is 1. The molecule has 112 valence electrons. The summed E-state index contributed by atoms with van der Waals surface area (Å²) in [4.78, 5) is 0. The van der Waals surface area contributed by atoms with Crippen molar-refractivity contribution in [1.82, 2.24) is 0 Å². The Kier molecular flexibility index (Phi) is 6.18. The summed E-state index contributed by atoms with van der Waals surface area (Å²) in [6, 6.07) is 12.7. The van der Waals surface area contributed by atoms with Crippen molar-refractivity contribution in [3.63, 3.8) is 0 Å². The van der Waals surface area contributed by atoms with E-state index in [-0.39, 0.29) is 6.61 Å². The van der Waals surface area contributed by atoms with Crippen LogP contribution in [0.1, 0.15) is 0 Å². The fourth-order valence-corrected chi connectivity index (χ4v) is 2.19. The van der Waals surface area contributed by atoms with E-state index >= 15 is 0 Å². The summed E-state index contributed by atoms with van der Waals surface area (Å²) < 4.78 is 6.48. The first-order valence-electron chi connectivity index (χ1n) is 6.30. The Morgan fingerprint density at radius 2 is 1.81 bits per heavy atom. The average Bonchev–Trinajstić information content (AvgIpc) is 2.48. The van der Waals surface area contributed by atoms with E-state index in [1.165, 1.54) is 0 Å². The minimum Gasteiger partial charge on any atom is -0.491 e. The molecule has 1 atom stereocenters. The van der Waals surface area contributed by atoms with Crippen molar-refractivity contribution in [3.05, 3.63) is 57.0 Å². The average molecular weight is 391 g/mol. The number of rotatable bonds is 6. The van der Waals surface area contributed by atoms with Gasteiger partial charge in [-0.1, -0.05) is 39.1 Å². The number of benzene rings is 2. The van der Waals surface area contributed by atoms with Gasteiger partial charge in [-0.05, 0) is 42.5 Å². The standard InChI is InChI=1S/C15H14BrCl2NO2/c16-10-1-4-13(5-2-10)21-9-12(20)8-19-11-3-6-14(17)15(18)7-11/h1-7,12,19-20H,8-9H2. The smallest absolute Gasteiger partial charge is 0.119 e. The lowest BCUT2D eigenvalue weighted by atomic mass is 10.3. The van der Waals surface area contributed by atoms with Gasteiger partial charge in [0.05, 0.1) is 10.0 Å². The molecule has 0 radical (unpaired) electrons. The summed E-state index contributed by atoms with van der Waals surface area (Å²) in [6.07, 6.45) is -0.636. The van der Waals surface area contributed by atoms with E-state index in [0.717, 1.165) is 10.2 Å². The zero-order chi connectivity index (χ0) is 15.2. The first-order chi connectivity index (χ1) is 10.0. The molecule has 0 aromatic heterocycles. The van der Waals surface area contributed by atoms with Crippen molar-refractivity contribution in [1.29, 1.82) is 0 Å². The third kappa shape index (κ3) is 5.40. The monoisotopic (exact) mass is 389 g/mol. The summed E-state index contributed by atoms with van der Waals surface area (Å²) in [7, 11) is 0. The Morgan fingerprint density at radius 3 is 2.48 bits per heavy atom. The molecule has 0 spiro atoms. The highest BCUT2D eigenvalue weighted by atomic mass is 79.9. The van der Waals surface area contributed by atoms with Crippen LogP contribution in [0.15, 0.2) is 46.9 Å². The van der Waals surface area contributed by atoms with Gasteiger partial charge in [0.15, 0.2) is 0 Å². The van der Waals surface area contributed by atoms with Gasteiger partial charge >= 0.3 is 0 Å². The molecule has 0 aliphatic carbocycles. The molecule has 0 saturated heterocycles. The number of ether oxygens (including phenoxy) is 1. The Labute approximate surface area is 142 Å². The van der Waals surface area contributed by atoms with Crippen LogP contribution in [0, 0.1) is 0 Å². The summed E-state index contributed by atoms with van der Waals surface area (Å²) in [5.74, 6) is 0.715. The second-order valence-electron chi connectivity index (χ2n) is 4.43. The van der Waals surface area contributed by atoms with E-state index in [4.69, 9.17) is 27.9 Å². The minimum absolute atomic E-state index is 0.204.